The molecule has 0 fully saturated rings. The Hall–Kier alpha value is -1.01. The summed E-state index contributed by atoms with van der Waals surface area (Å²) in [7, 11) is 0. The van der Waals surface area contributed by atoms with Gasteiger partial charge < -0.3 is 4.74 Å². The fraction of sp³-hybridized carbons (Fsp3) is 0.400. The predicted octanol–water partition coefficient (Wildman–Crippen LogP) is 0.0990. The predicted molar refractivity (Wildman–Crippen MR) is 27.4 cm³/mol. The van der Waals surface area contributed by atoms with E-state index in [1.165, 1.54) is 6.26 Å². The van der Waals surface area contributed by atoms with E-state index in [2.05, 4.69) is 0 Å². The molecule has 1 unspecified atom stereocenters. The summed E-state index contributed by atoms with van der Waals surface area (Å²) >= 11 is 0. The summed E-state index contributed by atoms with van der Waals surface area (Å²) in [6.07, 6.45) is 3.66. The van der Waals surface area contributed by atoms with Crippen molar-refractivity contribution >= 4 is 0 Å². The smallest absolute Gasteiger partial charge is 0.249 e. The Morgan fingerprint density at radius 2 is 2.62 bits per heavy atom. The highest BCUT2D eigenvalue weighted by Gasteiger charge is 2.26. The molecule has 0 aromatic carbocycles. The third-order valence-corrected chi connectivity index (χ3v) is 0.985. The van der Waals surface area contributed by atoms with Gasteiger partial charge in [0.05, 0.1) is 6.26 Å². The van der Waals surface area contributed by atoms with Gasteiger partial charge >= 0.3 is 0 Å². The zero-order valence-electron chi connectivity index (χ0n) is 4.29. The number of rotatable bonds is 0. The SMILES string of the molecule is N#CC1(N)CC=CO1. The standard InChI is InChI=1S/C5H6N2O/c6-4-5(7)2-1-3-8-5/h1,3H,2,7H2. The van der Waals surface area contributed by atoms with Crippen molar-refractivity contribution in [2.24, 2.45) is 5.73 Å². The van der Waals surface area contributed by atoms with Crippen LogP contribution in [0.15, 0.2) is 12.3 Å². The molecule has 3 nitrogen and oxygen atoms in total. The zero-order chi connectivity index (χ0) is 6.04. The van der Waals surface area contributed by atoms with Gasteiger partial charge in [-0.05, 0) is 6.08 Å². The minimum absolute atomic E-state index is 0.490. The molecule has 0 radical (unpaired) electrons. The molecule has 42 valence electrons. The molecule has 1 heterocycles. The van der Waals surface area contributed by atoms with Gasteiger partial charge in [-0.25, -0.2) is 0 Å². The van der Waals surface area contributed by atoms with Crippen molar-refractivity contribution in [2.75, 3.05) is 0 Å². The van der Waals surface area contributed by atoms with Gasteiger partial charge in [-0.1, -0.05) is 0 Å². The largest absolute Gasteiger partial charge is 0.467 e. The highest BCUT2D eigenvalue weighted by Crippen LogP contribution is 2.14. The minimum atomic E-state index is -1.07. The first kappa shape index (κ1) is 5.13. The van der Waals surface area contributed by atoms with Gasteiger partial charge in [0.25, 0.3) is 0 Å². The quantitative estimate of drug-likeness (QED) is 0.481. The number of nitrogens with two attached hydrogens (primary N) is 1. The van der Waals surface area contributed by atoms with Crippen molar-refractivity contribution in [3.63, 3.8) is 0 Å². The molecule has 1 rings (SSSR count). The van der Waals surface area contributed by atoms with Crippen LogP contribution in [0.5, 0.6) is 0 Å². The van der Waals surface area contributed by atoms with Crippen LogP contribution in [0, 0.1) is 11.3 Å². The minimum Gasteiger partial charge on any atom is -0.467 e. The molecule has 1 atom stereocenters. The molecule has 1 aliphatic heterocycles. The maximum atomic E-state index is 8.29. The van der Waals surface area contributed by atoms with E-state index < -0.39 is 5.72 Å². The van der Waals surface area contributed by atoms with Crippen molar-refractivity contribution in [3.8, 4) is 6.07 Å². The van der Waals surface area contributed by atoms with Gasteiger partial charge in [-0.2, -0.15) is 5.26 Å². The Labute approximate surface area is 47.3 Å². The van der Waals surface area contributed by atoms with Crippen LogP contribution in [0.25, 0.3) is 0 Å². The summed E-state index contributed by atoms with van der Waals surface area (Å²) in [4.78, 5) is 0. The molecule has 3 heteroatoms. The van der Waals surface area contributed by atoms with Crippen LogP contribution in [0.2, 0.25) is 0 Å². The first-order valence-electron chi connectivity index (χ1n) is 2.30. The van der Waals surface area contributed by atoms with Crippen LogP contribution in [0.3, 0.4) is 0 Å². The van der Waals surface area contributed by atoms with Gasteiger partial charge in [-0.3, -0.25) is 5.73 Å². The van der Waals surface area contributed by atoms with E-state index in [-0.39, 0.29) is 0 Å². The lowest BCUT2D eigenvalue weighted by Crippen LogP contribution is -2.36. The van der Waals surface area contributed by atoms with E-state index in [1.54, 1.807) is 6.08 Å². The Balaban J connectivity index is 2.63. The molecule has 1 aliphatic rings. The van der Waals surface area contributed by atoms with Gasteiger partial charge in [0.2, 0.25) is 5.72 Å². The molecular weight excluding hydrogens is 104 g/mol. The van der Waals surface area contributed by atoms with Crippen molar-refractivity contribution in [1.82, 2.24) is 0 Å². The molecule has 8 heavy (non-hydrogen) atoms. The Morgan fingerprint density at radius 1 is 1.88 bits per heavy atom. The van der Waals surface area contributed by atoms with Gasteiger partial charge in [0.1, 0.15) is 6.07 Å². The summed E-state index contributed by atoms with van der Waals surface area (Å²) in [5.41, 5.74) is 4.24. The maximum Gasteiger partial charge on any atom is 0.249 e. The van der Waals surface area contributed by atoms with Crippen molar-refractivity contribution in [1.29, 1.82) is 5.26 Å². The fourth-order valence-corrected chi connectivity index (χ4v) is 0.513. The van der Waals surface area contributed by atoms with E-state index in [0.29, 0.717) is 6.42 Å². The molecule has 0 saturated carbocycles. The molecule has 0 bridgehead atoms. The topological polar surface area (TPSA) is 59.0 Å². The van der Waals surface area contributed by atoms with E-state index in [1.807, 2.05) is 6.07 Å². The number of hydrogen-bond acceptors (Lipinski definition) is 3. The summed E-state index contributed by atoms with van der Waals surface area (Å²) in [5, 5.41) is 8.29. The van der Waals surface area contributed by atoms with Gasteiger partial charge in [0, 0.05) is 6.42 Å². The number of nitrogens with zero attached hydrogens (tertiary/aromatic N) is 1. The number of hydrogen-bond donors (Lipinski definition) is 1. The first-order chi connectivity index (χ1) is 3.77. The molecule has 0 spiro atoms. The second-order valence-corrected chi connectivity index (χ2v) is 1.70. The molecule has 0 aromatic heterocycles. The fourth-order valence-electron chi connectivity index (χ4n) is 0.513. The van der Waals surface area contributed by atoms with Crippen LogP contribution >= 0.6 is 0 Å². The monoisotopic (exact) mass is 110 g/mol. The van der Waals surface area contributed by atoms with E-state index in [0.717, 1.165) is 0 Å². The lowest BCUT2D eigenvalue weighted by Gasteiger charge is -2.11. The zero-order valence-corrected chi connectivity index (χ0v) is 4.29. The lowest BCUT2D eigenvalue weighted by atomic mass is 10.2. The van der Waals surface area contributed by atoms with Gasteiger partial charge in [0.15, 0.2) is 0 Å². The van der Waals surface area contributed by atoms with E-state index in [9.17, 15) is 0 Å². The highest BCUT2D eigenvalue weighted by atomic mass is 16.5. The summed E-state index contributed by atoms with van der Waals surface area (Å²) in [6, 6.07) is 1.83. The molecular formula is C5H6N2O. The Kier molecular flexibility index (Phi) is 0.959. The molecule has 0 aromatic rings. The van der Waals surface area contributed by atoms with Crippen LogP contribution in [0.1, 0.15) is 6.42 Å². The normalized spacial score (nSPS) is 34.0. The van der Waals surface area contributed by atoms with Crippen molar-refractivity contribution < 1.29 is 4.74 Å². The third-order valence-electron chi connectivity index (χ3n) is 0.985. The average molecular weight is 110 g/mol. The molecule has 0 aliphatic carbocycles. The molecule has 0 amide bonds. The van der Waals surface area contributed by atoms with Crippen LogP contribution < -0.4 is 5.73 Å². The Morgan fingerprint density at radius 3 is 2.88 bits per heavy atom. The second kappa shape index (κ2) is 1.49. The van der Waals surface area contributed by atoms with E-state index in [4.69, 9.17) is 15.7 Å². The van der Waals surface area contributed by atoms with Crippen molar-refractivity contribution in [3.05, 3.63) is 12.3 Å². The van der Waals surface area contributed by atoms with Crippen molar-refractivity contribution in [2.45, 2.75) is 12.1 Å². The molecule has 0 saturated heterocycles. The van der Waals surface area contributed by atoms with Crippen LogP contribution in [-0.4, -0.2) is 5.72 Å². The number of ether oxygens (including phenoxy) is 1. The highest BCUT2D eigenvalue weighted by molar-refractivity contribution is 5.07. The van der Waals surface area contributed by atoms with E-state index >= 15 is 0 Å². The van der Waals surface area contributed by atoms with Gasteiger partial charge in [-0.15, -0.1) is 0 Å². The third kappa shape index (κ3) is 0.658. The summed E-state index contributed by atoms with van der Waals surface area (Å²) in [6.45, 7) is 0. The lowest BCUT2D eigenvalue weighted by molar-refractivity contribution is 0.107. The van der Waals surface area contributed by atoms with Crippen LogP contribution in [-0.2, 0) is 4.74 Å². The van der Waals surface area contributed by atoms with Crippen LogP contribution in [0.4, 0.5) is 0 Å². The molecule has 2 N–H and O–H groups in total. The summed E-state index contributed by atoms with van der Waals surface area (Å²) in [5.74, 6) is 0. The second-order valence-electron chi connectivity index (χ2n) is 1.70. The average Bonchev–Trinajstić information content (AvgIpc) is 2.17. The summed E-state index contributed by atoms with van der Waals surface area (Å²) < 4.78 is 4.73. The Bertz CT molecular complexity index is 148. The first-order valence-corrected chi connectivity index (χ1v) is 2.30. The maximum absolute atomic E-state index is 8.29. The number of nitriles is 1.